The van der Waals surface area contributed by atoms with E-state index in [9.17, 15) is 4.79 Å². The molecule has 0 N–H and O–H groups in total. The van der Waals surface area contributed by atoms with Crippen molar-refractivity contribution >= 4 is 11.6 Å². The molecule has 5 nitrogen and oxygen atoms in total. The van der Waals surface area contributed by atoms with Crippen LogP contribution in [-0.4, -0.2) is 50.2 Å². The fourth-order valence-corrected chi connectivity index (χ4v) is 4.51. The van der Waals surface area contributed by atoms with Crippen molar-refractivity contribution in [1.82, 2.24) is 4.90 Å². The number of carbonyl (C=O) groups is 1. The molecule has 0 aromatic heterocycles. The lowest BCUT2D eigenvalue weighted by molar-refractivity contribution is -0.133. The van der Waals surface area contributed by atoms with Crippen LogP contribution in [0, 0.1) is 0 Å². The van der Waals surface area contributed by atoms with Gasteiger partial charge >= 0.3 is 0 Å². The zero-order chi connectivity index (χ0) is 18.2. The number of aryl methyl sites for hydroxylation is 1. The first-order valence-corrected chi connectivity index (χ1v) is 9.81. The Balaban J connectivity index is 1.28. The molecule has 1 unspecified atom stereocenters. The molecule has 27 heavy (non-hydrogen) atoms. The fraction of sp³-hybridized carbons (Fsp3) is 0.409. The van der Waals surface area contributed by atoms with E-state index in [4.69, 9.17) is 9.47 Å². The summed E-state index contributed by atoms with van der Waals surface area (Å²) in [6.07, 6.45) is 1.95. The molecule has 0 saturated carbocycles. The summed E-state index contributed by atoms with van der Waals surface area (Å²) < 4.78 is 11.6. The van der Waals surface area contributed by atoms with Gasteiger partial charge in [0.1, 0.15) is 13.2 Å². The van der Waals surface area contributed by atoms with Gasteiger partial charge in [0.05, 0.1) is 11.6 Å². The number of fused-ring (bicyclic) bond motifs is 2. The van der Waals surface area contributed by atoms with Crippen molar-refractivity contribution < 1.29 is 14.3 Å². The predicted octanol–water partition coefficient (Wildman–Crippen LogP) is 2.84. The monoisotopic (exact) mass is 364 g/mol. The number of anilines is 1. The second-order valence-electron chi connectivity index (χ2n) is 7.40. The first kappa shape index (κ1) is 16.5. The number of hydrogen-bond acceptors (Lipinski definition) is 4. The van der Waals surface area contributed by atoms with Crippen molar-refractivity contribution in [1.29, 1.82) is 0 Å². The van der Waals surface area contributed by atoms with Crippen molar-refractivity contribution in [3.63, 3.8) is 0 Å². The molecule has 1 saturated heterocycles. The minimum atomic E-state index is 0.0361. The summed E-state index contributed by atoms with van der Waals surface area (Å²) in [6.45, 7) is 4.33. The van der Waals surface area contributed by atoms with Crippen LogP contribution < -0.4 is 14.4 Å². The van der Waals surface area contributed by atoms with Crippen LogP contribution in [0.25, 0.3) is 0 Å². The van der Waals surface area contributed by atoms with Crippen LogP contribution in [0.2, 0.25) is 0 Å². The number of piperazine rings is 1. The quantitative estimate of drug-likeness (QED) is 0.822. The maximum absolute atomic E-state index is 13.1. The normalized spacial score (nSPS) is 21.1. The summed E-state index contributed by atoms with van der Waals surface area (Å²) in [6, 6.07) is 14.4. The van der Waals surface area contributed by atoms with Gasteiger partial charge in [0.15, 0.2) is 11.5 Å². The molecule has 5 rings (SSSR count). The number of nitrogens with zero attached hydrogens (tertiary/aromatic N) is 2. The van der Waals surface area contributed by atoms with E-state index in [1.54, 1.807) is 0 Å². The molecule has 3 aliphatic rings. The second-order valence-corrected chi connectivity index (χ2v) is 7.40. The average molecular weight is 364 g/mol. The third-order valence-electron chi connectivity index (χ3n) is 5.91. The molecule has 2 aliphatic heterocycles. The maximum atomic E-state index is 13.1. The lowest BCUT2D eigenvalue weighted by Crippen LogP contribution is -2.50. The number of rotatable bonds is 2. The van der Waals surface area contributed by atoms with Crippen LogP contribution >= 0.6 is 0 Å². The Hall–Kier alpha value is -2.69. The summed E-state index contributed by atoms with van der Waals surface area (Å²) in [7, 11) is 0. The molecule has 2 aromatic carbocycles. The summed E-state index contributed by atoms with van der Waals surface area (Å²) in [5, 5.41) is 0. The third kappa shape index (κ3) is 2.91. The highest BCUT2D eigenvalue weighted by molar-refractivity contribution is 5.85. The standard InChI is InChI=1S/C22H24N2O3/c25-22(18-9-8-16-4-1-2-5-17(16)18)24-12-10-23(11-13-24)19-6-3-7-20-21(19)27-15-14-26-20/h1-7,18H,8-15H2. The SMILES string of the molecule is O=C(C1CCc2ccccc21)N1CCN(c2cccc3c2OCCO3)CC1. The second kappa shape index (κ2) is 6.80. The van der Waals surface area contributed by atoms with Crippen LogP contribution in [0.5, 0.6) is 11.5 Å². The van der Waals surface area contributed by atoms with Gasteiger partial charge < -0.3 is 19.3 Å². The maximum Gasteiger partial charge on any atom is 0.230 e. The van der Waals surface area contributed by atoms with Gasteiger partial charge in [0, 0.05) is 26.2 Å². The summed E-state index contributed by atoms with van der Waals surface area (Å²) >= 11 is 0. The van der Waals surface area contributed by atoms with Gasteiger partial charge in [0.2, 0.25) is 5.91 Å². The smallest absolute Gasteiger partial charge is 0.230 e. The number of para-hydroxylation sites is 1. The lowest BCUT2D eigenvalue weighted by atomic mass is 9.99. The van der Waals surface area contributed by atoms with Gasteiger partial charge in [-0.05, 0) is 36.1 Å². The van der Waals surface area contributed by atoms with E-state index in [0.29, 0.717) is 13.2 Å². The molecule has 5 heteroatoms. The van der Waals surface area contributed by atoms with Crippen LogP contribution in [0.1, 0.15) is 23.5 Å². The molecule has 140 valence electrons. The van der Waals surface area contributed by atoms with Crippen molar-refractivity contribution in [3.8, 4) is 11.5 Å². The zero-order valence-corrected chi connectivity index (χ0v) is 15.4. The van der Waals surface area contributed by atoms with Gasteiger partial charge in [-0.25, -0.2) is 0 Å². The summed E-state index contributed by atoms with van der Waals surface area (Å²) in [5.74, 6) is 1.98. The minimum absolute atomic E-state index is 0.0361. The van der Waals surface area contributed by atoms with Crippen molar-refractivity contribution in [2.24, 2.45) is 0 Å². The van der Waals surface area contributed by atoms with E-state index in [-0.39, 0.29) is 11.8 Å². The number of carbonyl (C=O) groups excluding carboxylic acids is 1. The topological polar surface area (TPSA) is 42.0 Å². The Kier molecular flexibility index (Phi) is 4.15. The predicted molar refractivity (Wildman–Crippen MR) is 104 cm³/mol. The Labute approximate surface area is 159 Å². The lowest BCUT2D eigenvalue weighted by Gasteiger charge is -2.38. The van der Waals surface area contributed by atoms with E-state index >= 15 is 0 Å². The molecule has 0 spiro atoms. The van der Waals surface area contributed by atoms with E-state index in [1.807, 2.05) is 23.1 Å². The third-order valence-corrected chi connectivity index (χ3v) is 5.91. The molecule has 1 aliphatic carbocycles. The number of hydrogen-bond donors (Lipinski definition) is 0. The van der Waals surface area contributed by atoms with E-state index in [2.05, 4.69) is 29.2 Å². The molecular weight excluding hydrogens is 340 g/mol. The highest BCUT2D eigenvalue weighted by atomic mass is 16.6. The number of benzene rings is 2. The van der Waals surface area contributed by atoms with E-state index in [1.165, 1.54) is 11.1 Å². The number of ether oxygens (including phenoxy) is 2. The Morgan fingerprint density at radius 2 is 1.74 bits per heavy atom. The van der Waals surface area contributed by atoms with Crippen LogP contribution in [0.15, 0.2) is 42.5 Å². The van der Waals surface area contributed by atoms with E-state index in [0.717, 1.165) is 56.2 Å². The van der Waals surface area contributed by atoms with Crippen LogP contribution in [0.3, 0.4) is 0 Å². The molecular formula is C22H24N2O3. The van der Waals surface area contributed by atoms with Crippen molar-refractivity contribution in [2.45, 2.75) is 18.8 Å². The summed E-state index contributed by atoms with van der Waals surface area (Å²) in [5.41, 5.74) is 3.64. The van der Waals surface area contributed by atoms with Gasteiger partial charge in [-0.1, -0.05) is 30.3 Å². The first-order valence-electron chi connectivity index (χ1n) is 9.81. The molecule has 2 heterocycles. The first-order chi connectivity index (χ1) is 13.3. The summed E-state index contributed by atoms with van der Waals surface area (Å²) in [4.78, 5) is 17.4. The molecule has 2 aromatic rings. The molecule has 1 amide bonds. The van der Waals surface area contributed by atoms with Crippen LogP contribution in [-0.2, 0) is 11.2 Å². The minimum Gasteiger partial charge on any atom is -0.486 e. The van der Waals surface area contributed by atoms with Crippen molar-refractivity contribution in [2.75, 3.05) is 44.3 Å². The Morgan fingerprint density at radius 3 is 2.63 bits per heavy atom. The Bertz CT molecular complexity index is 858. The Morgan fingerprint density at radius 1 is 0.926 bits per heavy atom. The number of amides is 1. The molecule has 1 atom stereocenters. The van der Waals surface area contributed by atoms with Crippen molar-refractivity contribution in [3.05, 3.63) is 53.6 Å². The van der Waals surface area contributed by atoms with Gasteiger partial charge in [0.25, 0.3) is 0 Å². The highest BCUT2D eigenvalue weighted by Crippen LogP contribution is 2.40. The largest absolute Gasteiger partial charge is 0.486 e. The molecule has 1 fully saturated rings. The molecule has 0 bridgehead atoms. The van der Waals surface area contributed by atoms with Gasteiger partial charge in [-0.2, -0.15) is 0 Å². The fourth-order valence-electron chi connectivity index (χ4n) is 4.51. The average Bonchev–Trinajstić information content (AvgIpc) is 3.17. The highest BCUT2D eigenvalue weighted by Gasteiger charge is 2.33. The van der Waals surface area contributed by atoms with Crippen LogP contribution in [0.4, 0.5) is 5.69 Å². The zero-order valence-electron chi connectivity index (χ0n) is 15.4. The van der Waals surface area contributed by atoms with E-state index < -0.39 is 0 Å². The van der Waals surface area contributed by atoms with Gasteiger partial charge in [-0.15, -0.1) is 0 Å². The van der Waals surface area contributed by atoms with Gasteiger partial charge in [-0.3, -0.25) is 4.79 Å². The molecule has 0 radical (unpaired) electrons.